The number of rotatable bonds is 6. The molecule has 2 saturated heterocycles. The molecule has 2 heterocycles. The first-order chi connectivity index (χ1) is 11.6. The van der Waals surface area contributed by atoms with E-state index < -0.39 is 0 Å². The molecule has 2 aliphatic rings. The topological polar surface area (TPSA) is 44.4 Å². The molecule has 0 aliphatic carbocycles. The fourth-order valence-corrected chi connectivity index (χ4v) is 4.18. The zero-order chi connectivity index (χ0) is 17.0. The van der Waals surface area contributed by atoms with E-state index in [9.17, 15) is 4.79 Å². The molecule has 1 aromatic carbocycles. The van der Waals surface area contributed by atoms with Crippen molar-refractivity contribution in [3.8, 4) is 0 Å². The molecule has 0 spiro atoms. The van der Waals surface area contributed by atoms with Crippen molar-refractivity contribution < 1.29 is 4.79 Å². The number of carbonyl (C=O) groups is 1. The molecule has 1 amide bonds. The molecule has 2 fully saturated rings. The molecule has 4 nitrogen and oxygen atoms in total. The summed E-state index contributed by atoms with van der Waals surface area (Å²) < 4.78 is 0. The highest BCUT2D eigenvalue weighted by atomic mass is 35.5. The van der Waals surface area contributed by atoms with Gasteiger partial charge in [-0.1, -0.05) is 37.3 Å². The molecule has 3 rings (SSSR count). The van der Waals surface area contributed by atoms with Crippen LogP contribution in [0.2, 0.25) is 0 Å². The zero-order valence-corrected chi connectivity index (χ0v) is 16.3. The quantitative estimate of drug-likeness (QED) is 0.814. The van der Waals surface area contributed by atoms with Crippen molar-refractivity contribution in [2.75, 3.05) is 19.6 Å². The van der Waals surface area contributed by atoms with Crippen LogP contribution < -0.4 is 10.6 Å². The highest BCUT2D eigenvalue weighted by Crippen LogP contribution is 2.25. The Morgan fingerprint density at radius 2 is 2.16 bits per heavy atom. The molecule has 140 valence electrons. The maximum absolute atomic E-state index is 12.8. The summed E-state index contributed by atoms with van der Waals surface area (Å²) in [6.07, 6.45) is 4.11. The van der Waals surface area contributed by atoms with Crippen molar-refractivity contribution in [1.29, 1.82) is 0 Å². The first kappa shape index (κ1) is 20.2. The number of likely N-dealkylation sites (tertiary alicyclic amines) is 1. The van der Waals surface area contributed by atoms with Crippen LogP contribution in [0.3, 0.4) is 0 Å². The molecule has 0 bridgehead atoms. The van der Waals surface area contributed by atoms with Crippen molar-refractivity contribution in [3.05, 3.63) is 35.9 Å². The van der Waals surface area contributed by atoms with Crippen LogP contribution in [0.5, 0.6) is 0 Å². The van der Waals surface area contributed by atoms with Crippen LogP contribution in [0.1, 0.15) is 45.1 Å². The summed E-state index contributed by atoms with van der Waals surface area (Å²) in [5.41, 5.74) is 1.05. The normalized spacial score (nSPS) is 27.7. The fourth-order valence-electron chi connectivity index (χ4n) is 4.18. The van der Waals surface area contributed by atoms with Crippen LogP contribution >= 0.6 is 12.4 Å². The lowest BCUT2D eigenvalue weighted by atomic mass is 9.91. The van der Waals surface area contributed by atoms with Gasteiger partial charge >= 0.3 is 0 Å². The number of nitrogens with one attached hydrogen (secondary N) is 2. The van der Waals surface area contributed by atoms with E-state index in [1.165, 1.54) is 12.0 Å². The monoisotopic (exact) mass is 365 g/mol. The van der Waals surface area contributed by atoms with Gasteiger partial charge in [-0.15, -0.1) is 12.4 Å². The zero-order valence-electron chi connectivity index (χ0n) is 15.5. The van der Waals surface area contributed by atoms with E-state index in [1.54, 1.807) is 0 Å². The maximum Gasteiger partial charge on any atom is 0.240 e. The van der Waals surface area contributed by atoms with E-state index in [0.29, 0.717) is 5.92 Å². The fraction of sp³-hybridized carbons (Fsp3) is 0.650. The molecule has 25 heavy (non-hydrogen) atoms. The van der Waals surface area contributed by atoms with Crippen LogP contribution in [-0.2, 0) is 11.3 Å². The summed E-state index contributed by atoms with van der Waals surface area (Å²) in [7, 11) is 0. The van der Waals surface area contributed by atoms with Crippen LogP contribution in [0.25, 0.3) is 0 Å². The highest BCUT2D eigenvalue weighted by molar-refractivity contribution is 5.86. The molecule has 1 aromatic rings. The molecule has 0 radical (unpaired) electrons. The van der Waals surface area contributed by atoms with E-state index in [4.69, 9.17) is 0 Å². The SMILES string of the molecule is CCC1(C(=O)NC(C)C2CCN(Cc3ccccc3)C2)CCCN1.Cl. The minimum Gasteiger partial charge on any atom is -0.352 e. The molecule has 3 unspecified atom stereocenters. The van der Waals surface area contributed by atoms with E-state index >= 15 is 0 Å². The third kappa shape index (κ3) is 4.75. The van der Waals surface area contributed by atoms with Gasteiger partial charge in [-0.2, -0.15) is 0 Å². The van der Waals surface area contributed by atoms with Gasteiger partial charge in [0.25, 0.3) is 0 Å². The van der Waals surface area contributed by atoms with Crippen LogP contribution in [0.4, 0.5) is 0 Å². The van der Waals surface area contributed by atoms with Gasteiger partial charge in [0.1, 0.15) is 0 Å². The Morgan fingerprint density at radius 3 is 2.80 bits per heavy atom. The van der Waals surface area contributed by atoms with Crippen LogP contribution in [0, 0.1) is 5.92 Å². The van der Waals surface area contributed by atoms with Gasteiger partial charge in [-0.05, 0) is 57.2 Å². The number of amides is 1. The molecule has 0 saturated carbocycles. The molecule has 3 atom stereocenters. The summed E-state index contributed by atoms with van der Waals surface area (Å²) in [6.45, 7) is 8.45. The van der Waals surface area contributed by atoms with Gasteiger partial charge in [0.2, 0.25) is 5.91 Å². The van der Waals surface area contributed by atoms with E-state index in [-0.39, 0.29) is 29.9 Å². The predicted molar refractivity (Wildman–Crippen MR) is 105 cm³/mol. The lowest BCUT2D eigenvalue weighted by Gasteiger charge is -2.30. The average Bonchev–Trinajstić information content (AvgIpc) is 3.25. The summed E-state index contributed by atoms with van der Waals surface area (Å²) >= 11 is 0. The predicted octanol–water partition coefficient (Wildman–Crippen LogP) is 2.97. The second-order valence-corrected chi connectivity index (χ2v) is 7.50. The average molecular weight is 366 g/mol. The van der Waals surface area contributed by atoms with Gasteiger partial charge in [0, 0.05) is 19.1 Å². The Labute approximate surface area is 158 Å². The van der Waals surface area contributed by atoms with Gasteiger partial charge in [0.15, 0.2) is 0 Å². The smallest absolute Gasteiger partial charge is 0.240 e. The minimum absolute atomic E-state index is 0. The second-order valence-electron chi connectivity index (χ2n) is 7.50. The van der Waals surface area contributed by atoms with Crippen molar-refractivity contribution in [1.82, 2.24) is 15.5 Å². The summed E-state index contributed by atoms with van der Waals surface area (Å²) in [6, 6.07) is 10.9. The van der Waals surface area contributed by atoms with Gasteiger partial charge in [-0.25, -0.2) is 0 Å². The Morgan fingerprint density at radius 1 is 1.40 bits per heavy atom. The highest BCUT2D eigenvalue weighted by Gasteiger charge is 2.40. The lowest BCUT2D eigenvalue weighted by Crippen LogP contribution is -2.56. The standard InChI is InChI=1S/C20H31N3O.ClH/c1-3-20(11-7-12-21-20)19(24)22-16(2)18-10-13-23(15-18)14-17-8-5-4-6-9-17;/h4-6,8-9,16,18,21H,3,7,10-15H2,1-2H3,(H,22,24);1H. The number of hydrogen-bond donors (Lipinski definition) is 2. The second kappa shape index (κ2) is 9.02. The first-order valence-electron chi connectivity index (χ1n) is 9.45. The Balaban J connectivity index is 0.00000225. The van der Waals surface area contributed by atoms with Crippen LogP contribution in [0.15, 0.2) is 30.3 Å². The number of halogens is 1. The van der Waals surface area contributed by atoms with Crippen molar-refractivity contribution in [2.45, 2.75) is 57.7 Å². The minimum atomic E-state index is -0.323. The van der Waals surface area contributed by atoms with Gasteiger partial charge in [0.05, 0.1) is 5.54 Å². The lowest BCUT2D eigenvalue weighted by molar-refractivity contribution is -0.128. The van der Waals surface area contributed by atoms with E-state index in [1.807, 2.05) is 0 Å². The molecule has 2 N–H and O–H groups in total. The molecular weight excluding hydrogens is 334 g/mol. The van der Waals surface area contributed by atoms with Gasteiger partial charge < -0.3 is 10.6 Å². The number of carbonyl (C=O) groups excluding carboxylic acids is 1. The third-order valence-electron chi connectivity index (χ3n) is 5.91. The summed E-state index contributed by atoms with van der Waals surface area (Å²) in [5, 5.41) is 6.75. The first-order valence-corrected chi connectivity index (χ1v) is 9.45. The largest absolute Gasteiger partial charge is 0.352 e. The maximum atomic E-state index is 12.8. The summed E-state index contributed by atoms with van der Waals surface area (Å²) in [4.78, 5) is 15.3. The van der Waals surface area contributed by atoms with Crippen molar-refractivity contribution in [3.63, 3.8) is 0 Å². The summed E-state index contributed by atoms with van der Waals surface area (Å²) in [5.74, 6) is 0.754. The Hall–Kier alpha value is -1.10. The van der Waals surface area contributed by atoms with Gasteiger partial charge in [-0.3, -0.25) is 9.69 Å². The number of benzene rings is 1. The number of hydrogen-bond acceptors (Lipinski definition) is 3. The molecule has 2 aliphatic heterocycles. The third-order valence-corrected chi connectivity index (χ3v) is 5.91. The van der Waals surface area contributed by atoms with Crippen molar-refractivity contribution >= 4 is 18.3 Å². The molecule has 0 aromatic heterocycles. The Kier molecular flexibility index (Phi) is 7.29. The van der Waals surface area contributed by atoms with E-state index in [2.05, 4.69) is 59.7 Å². The Bertz CT molecular complexity index is 545. The number of nitrogens with zero attached hydrogens (tertiary/aromatic N) is 1. The van der Waals surface area contributed by atoms with E-state index in [0.717, 1.165) is 45.4 Å². The van der Waals surface area contributed by atoms with Crippen LogP contribution in [-0.4, -0.2) is 42.0 Å². The molecular formula is C20H32ClN3O. The molecule has 5 heteroatoms. The van der Waals surface area contributed by atoms with Crippen molar-refractivity contribution in [2.24, 2.45) is 5.92 Å².